The molecule has 0 saturated heterocycles. The maximum absolute atomic E-state index is 12.2. The van der Waals surface area contributed by atoms with Gasteiger partial charge in [-0.15, -0.1) is 11.3 Å². The molecule has 4 nitrogen and oxygen atoms in total. The minimum absolute atomic E-state index is 0.0472. The number of hydrogen-bond acceptors (Lipinski definition) is 4. The van der Waals surface area contributed by atoms with Gasteiger partial charge in [0, 0.05) is 5.02 Å². The van der Waals surface area contributed by atoms with Gasteiger partial charge in [-0.25, -0.2) is 8.42 Å². The Hall–Kier alpha value is -0.790. The quantitative estimate of drug-likeness (QED) is 0.898. The van der Waals surface area contributed by atoms with Gasteiger partial charge in [0.2, 0.25) is 0 Å². The Balaban J connectivity index is 2.37. The molecule has 19 heavy (non-hydrogen) atoms. The second-order valence-electron chi connectivity index (χ2n) is 3.60. The second-order valence-corrected chi connectivity index (χ2v) is 7.09. The summed E-state index contributed by atoms with van der Waals surface area (Å²) in [6.07, 6.45) is 0. The van der Waals surface area contributed by atoms with Crippen molar-refractivity contribution in [3.8, 4) is 0 Å². The Bertz CT molecular complexity index is 698. The van der Waals surface area contributed by atoms with Crippen molar-refractivity contribution in [2.75, 3.05) is 4.72 Å². The zero-order valence-electron chi connectivity index (χ0n) is 9.43. The van der Waals surface area contributed by atoms with Crippen LogP contribution in [0, 0.1) is 0 Å². The molecular formula is C11H9Cl2NO3S2. The number of rotatable bonds is 4. The van der Waals surface area contributed by atoms with Gasteiger partial charge in [0.05, 0.1) is 22.2 Å². The van der Waals surface area contributed by atoms with E-state index in [2.05, 4.69) is 4.72 Å². The second kappa shape index (κ2) is 5.68. The molecule has 0 aliphatic carbocycles. The van der Waals surface area contributed by atoms with E-state index < -0.39 is 10.0 Å². The Morgan fingerprint density at radius 2 is 2.00 bits per heavy atom. The number of thiophene rings is 1. The Morgan fingerprint density at radius 3 is 2.63 bits per heavy atom. The zero-order chi connectivity index (χ0) is 14.0. The van der Waals surface area contributed by atoms with Crippen molar-refractivity contribution in [1.82, 2.24) is 0 Å². The van der Waals surface area contributed by atoms with E-state index in [-0.39, 0.29) is 22.2 Å². The third-order valence-electron chi connectivity index (χ3n) is 2.31. The molecule has 2 rings (SSSR count). The molecule has 0 unspecified atom stereocenters. The zero-order valence-corrected chi connectivity index (χ0v) is 12.6. The van der Waals surface area contributed by atoms with Gasteiger partial charge in [-0.3, -0.25) is 4.72 Å². The normalized spacial score (nSPS) is 11.5. The summed E-state index contributed by atoms with van der Waals surface area (Å²) in [6, 6.07) is 5.89. The molecule has 8 heteroatoms. The third kappa shape index (κ3) is 3.21. The van der Waals surface area contributed by atoms with Crippen LogP contribution in [0.25, 0.3) is 0 Å². The maximum Gasteiger partial charge on any atom is 0.263 e. The lowest BCUT2D eigenvalue weighted by molar-refractivity contribution is 0.282. The van der Waals surface area contributed by atoms with Crippen molar-refractivity contribution in [1.29, 1.82) is 0 Å². The largest absolute Gasteiger partial charge is 0.391 e. The van der Waals surface area contributed by atoms with Crippen molar-refractivity contribution >= 4 is 50.2 Å². The van der Waals surface area contributed by atoms with Crippen LogP contribution in [0.3, 0.4) is 0 Å². The average molecular weight is 338 g/mol. The first-order valence-corrected chi connectivity index (χ1v) is 8.21. The molecule has 0 spiro atoms. The number of halogens is 2. The first-order chi connectivity index (χ1) is 8.94. The van der Waals surface area contributed by atoms with Crippen LogP contribution < -0.4 is 4.72 Å². The van der Waals surface area contributed by atoms with Crippen LogP contribution in [0.5, 0.6) is 0 Å². The van der Waals surface area contributed by atoms with E-state index in [4.69, 9.17) is 28.3 Å². The van der Waals surface area contributed by atoms with Crippen LogP contribution in [-0.4, -0.2) is 13.5 Å². The number of hydrogen-bond donors (Lipinski definition) is 2. The highest BCUT2D eigenvalue weighted by atomic mass is 35.5. The highest BCUT2D eigenvalue weighted by molar-refractivity contribution is 7.93. The van der Waals surface area contributed by atoms with E-state index >= 15 is 0 Å². The minimum atomic E-state index is -3.78. The van der Waals surface area contributed by atoms with Crippen LogP contribution in [-0.2, 0) is 16.6 Å². The van der Waals surface area contributed by atoms with Gasteiger partial charge in [0.1, 0.15) is 4.90 Å². The van der Waals surface area contributed by atoms with Crippen molar-refractivity contribution < 1.29 is 13.5 Å². The van der Waals surface area contributed by atoms with E-state index in [0.29, 0.717) is 9.90 Å². The van der Waals surface area contributed by atoms with Crippen LogP contribution in [0.15, 0.2) is 34.5 Å². The molecule has 1 heterocycles. The molecule has 0 saturated carbocycles. The summed E-state index contributed by atoms with van der Waals surface area (Å²) in [5.41, 5.74) is 0.237. The first kappa shape index (κ1) is 14.6. The van der Waals surface area contributed by atoms with Crippen LogP contribution in [0.2, 0.25) is 10.0 Å². The molecule has 0 fully saturated rings. The summed E-state index contributed by atoms with van der Waals surface area (Å²) in [7, 11) is -3.78. The number of aliphatic hydroxyl groups is 1. The van der Waals surface area contributed by atoms with Crippen LogP contribution in [0.1, 0.15) is 4.88 Å². The Labute approximate surface area is 124 Å². The average Bonchev–Trinajstić information content (AvgIpc) is 2.82. The Morgan fingerprint density at radius 1 is 1.26 bits per heavy atom. The third-order valence-corrected chi connectivity index (χ3v) is 5.35. The van der Waals surface area contributed by atoms with E-state index in [0.717, 1.165) is 0 Å². The molecule has 0 aliphatic rings. The fourth-order valence-electron chi connectivity index (χ4n) is 1.46. The molecule has 1 aromatic heterocycles. The monoisotopic (exact) mass is 337 g/mol. The molecular weight excluding hydrogens is 329 g/mol. The van der Waals surface area contributed by atoms with Gasteiger partial charge in [0.25, 0.3) is 10.0 Å². The van der Waals surface area contributed by atoms with Gasteiger partial charge in [0.15, 0.2) is 0 Å². The summed E-state index contributed by atoms with van der Waals surface area (Å²) >= 11 is 12.8. The predicted molar refractivity (Wildman–Crippen MR) is 77.5 cm³/mol. The number of nitrogens with one attached hydrogen (secondary N) is 1. The van der Waals surface area contributed by atoms with E-state index in [1.54, 1.807) is 5.38 Å². The summed E-state index contributed by atoms with van der Waals surface area (Å²) in [5, 5.41) is 11.3. The van der Waals surface area contributed by atoms with Gasteiger partial charge in [-0.2, -0.15) is 0 Å². The van der Waals surface area contributed by atoms with Gasteiger partial charge in [-0.05, 0) is 29.6 Å². The number of aliphatic hydroxyl groups excluding tert-OH is 1. The fourth-order valence-corrected chi connectivity index (χ4v) is 4.34. The summed E-state index contributed by atoms with van der Waals surface area (Å²) in [6.45, 7) is -0.331. The van der Waals surface area contributed by atoms with E-state index in [1.165, 1.54) is 35.6 Å². The smallest absolute Gasteiger partial charge is 0.263 e. The highest BCUT2D eigenvalue weighted by Gasteiger charge is 2.20. The summed E-state index contributed by atoms with van der Waals surface area (Å²) in [5.74, 6) is 0. The number of anilines is 1. The van der Waals surface area contributed by atoms with Gasteiger partial charge in [-0.1, -0.05) is 23.2 Å². The fraction of sp³-hybridized carbons (Fsp3) is 0.0909. The molecule has 0 aliphatic heterocycles. The van der Waals surface area contributed by atoms with Gasteiger partial charge >= 0.3 is 0 Å². The number of benzene rings is 1. The van der Waals surface area contributed by atoms with Crippen molar-refractivity contribution in [2.24, 2.45) is 0 Å². The van der Waals surface area contributed by atoms with E-state index in [1.807, 2.05) is 0 Å². The molecule has 0 radical (unpaired) electrons. The lowest BCUT2D eigenvalue weighted by Gasteiger charge is -2.09. The van der Waals surface area contributed by atoms with E-state index in [9.17, 15) is 8.42 Å². The molecule has 2 aromatic rings. The highest BCUT2D eigenvalue weighted by Crippen LogP contribution is 2.29. The predicted octanol–water partition coefficient (Wildman–Crippen LogP) is 3.35. The molecule has 0 atom stereocenters. The van der Waals surface area contributed by atoms with Crippen LogP contribution in [0.4, 0.5) is 5.69 Å². The van der Waals surface area contributed by atoms with Crippen molar-refractivity contribution in [3.05, 3.63) is 44.6 Å². The van der Waals surface area contributed by atoms with Crippen molar-refractivity contribution in [3.63, 3.8) is 0 Å². The molecule has 102 valence electrons. The maximum atomic E-state index is 12.2. The number of sulfonamides is 1. The minimum Gasteiger partial charge on any atom is -0.391 e. The molecule has 0 amide bonds. The topological polar surface area (TPSA) is 66.4 Å². The lowest BCUT2D eigenvalue weighted by atomic mass is 10.3. The first-order valence-electron chi connectivity index (χ1n) is 5.09. The van der Waals surface area contributed by atoms with Gasteiger partial charge < -0.3 is 5.11 Å². The molecule has 2 N–H and O–H groups in total. The standard InChI is InChI=1S/C11H9Cl2NO3S2/c12-7-1-2-9(8(13)5-7)14-19(16,17)11-3-4-18-10(11)6-15/h1-5,14-15H,6H2. The molecule has 0 bridgehead atoms. The summed E-state index contributed by atoms with van der Waals surface area (Å²) in [4.78, 5) is 0.420. The van der Waals surface area contributed by atoms with Crippen molar-refractivity contribution in [2.45, 2.75) is 11.5 Å². The Kier molecular flexibility index (Phi) is 4.37. The SMILES string of the molecule is O=S(=O)(Nc1ccc(Cl)cc1Cl)c1ccsc1CO. The lowest BCUT2D eigenvalue weighted by Crippen LogP contribution is -2.14. The molecule has 1 aromatic carbocycles. The van der Waals surface area contributed by atoms with Crippen LogP contribution >= 0.6 is 34.5 Å². The summed E-state index contributed by atoms with van der Waals surface area (Å²) < 4.78 is 26.7.